The van der Waals surface area contributed by atoms with Crippen LogP contribution in [0.25, 0.3) is 0 Å². The molecule has 0 aromatic heterocycles. The van der Waals surface area contributed by atoms with Crippen molar-refractivity contribution >= 4 is 40.9 Å². The Balaban J connectivity index is 1.42. The molecule has 1 saturated heterocycles. The van der Waals surface area contributed by atoms with Gasteiger partial charge in [0.1, 0.15) is 0 Å². The van der Waals surface area contributed by atoms with Crippen molar-refractivity contribution in [3.63, 3.8) is 0 Å². The number of benzene rings is 2. The summed E-state index contributed by atoms with van der Waals surface area (Å²) in [6.07, 6.45) is 1.47. The number of nitrogens with one attached hydrogen (secondary N) is 2. The van der Waals surface area contributed by atoms with Gasteiger partial charge in [0.05, 0.1) is 11.6 Å². The number of piperidine rings is 1. The second-order valence-electron chi connectivity index (χ2n) is 7.89. The minimum Gasteiger partial charge on any atom is -0.340 e. The van der Waals surface area contributed by atoms with Crippen LogP contribution in [0, 0.1) is 19.8 Å². The number of thioether (sulfide) groups is 1. The molecule has 2 aromatic rings. The summed E-state index contributed by atoms with van der Waals surface area (Å²) in [6, 6.07) is 13.3. The number of carbonyl (C=O) groups is 3. The van der Waals surface area contributed by atoms with Gasteiger partial charge in [0.2, 0.25) is 17.7 Å². The first kappa shape index (κ1) is 20.5. The number of hydrogen-bond donors (Lipinski definition) is 2. The van der Waals surface area contributed by atoms with E-state index in [1.54, 1.807) is 4.90 Å². The zero-order valence-electron chi connectivity index (χ0n) is 17.1. The van der Waals surface area contributed by atoms with Gasteiger partial charge in [0.25, 0.3) is 0 Å². The monoisotopic (exact) mass is 423 g/mol. The Morgan fingerprint density at radius 2 is 1.93 bits per heavy atom. The predicted molar refractivity (Wildman–Crippen MR) is 119 cm³/mol. The van der Waals surface area contributed by atoms with E-state index in [1.165, 1.54) is 17.3 Å². The molecule has 0 saturated carbocycles. The van der Waals surface area contributed by atoms with Crippen LogP contribution in [0.5, 0.6) is 0 Å². The molecule has 0 aliphatic carbocycles. The molecule has 0 radical (unpaired) electrons. The van der Waals surface area contributed by atoms with Gasteiger partial charge in [-0.05, 0) is 62.1 Å². The second-order valence-corrected chi connectivity index (χ2v) is 9.04. The molecule has 2 N–H and O–H groups in total. The zero-order chi connectivity index (χ0) is 21.3. The summed E-state index contributed by atoms with van der Waals surface area (Å²) in [6.45, 7) is 4.94. The maximum Gasteiger partial charge on any atom is 0.247 e. The van der Waals surface area contributed by atoms with Gasteiger partial charge in [0.15, 0.2) is 5.25 Å². The molecule has 2 heterocycles. The fraction of sp³-hybridized carbons (Fsp3) is 0.348. The van der Waals surface area contributed by atoms with Crippen LogP contribution in [-0.4, -0.2) is 41.0 Å². The smallest absolute Gasteiger partial charge is 0.247 e. The van der Waals surface area contributed by atoms with Gasteiger partial charge in [-0.25, -0.2) is 0 Å². The summed E-state index contributed by atoms with van der Waals surface area (Å²) >= 11 is 1.28. The SMILES string of the molecule is Cc1ccc(NC(=O)[C@@H]2CCCN(C(=O)[C@H]3Sc4ccccc4NC3=O)C2)cc1C. The van der Waals surface area contributed by atoms with Crippen molar-refractivity contribution in [3.8, 4) is 0 Å². The van der Waals surface area contributed by atoms with Crippen molar-refractivity contribution in [2.75, 3.05) is 23.7 Å². The van der Waals surface area contributed by atoms with Crippen LogP contribution in [-0.2, 0) is 14.4 Å². The predicted octanol–water partition coefficient (Wildman–Crippen LogP) is 3.59. The van der Waals surface area contributed by atoms with Gasteiger partial charge in [-0.1, -0.05) is 18.2 Å². The highest BCUT2D eigenvalue weighted by molar-refractivity contribution is 8.01. The zero-order valence-corrected chi connectivity index (χ0v) is 17.9. The summed E-state index contributed by atoms with van der Waals surface area (Å²) in [7, 11) is 0. The molecule has 4 rings (SSSR count). The lowest BCUT2D eigenvalue weighted by molar-refractivity contribution is -0.136. The van der Waals surface area contributed by atoms with Crippen LogP contribution in [0.1, 0.15) is 24.0 Å². The molecule has 30 heavy (non-hydrogen) atoms. The molecule has 0 spiro atoms. The molecule has 7 heteroatoms. The molecule has 2 aromatic carbocycles. The first-order chi connectivity index (χ1) is 14.4. The largest absolute Gasteiger partial charge is 0.340 e. The average molecular weight is 424 g/mol. The molecule has 156 valence electrons. The van der Waals surface area contributed by atoms with Crippen molar-refractivity contribution in [2.45, 2.75) is 36.8 Å². The fourth-order valence-electron chi connectivity index (χ4n) is 3.83. The highest BCUT2D eigenvalue weighted by Gasteiger charge is 2.38. The number of hydrogen-bond acceptors (Lipinski definition) is 4. The van der Waals surface area contributed by atoms with Gasteiger partial charge >= 0.3 is 0 Å². The van der Waals surface area contributed by atoms with E-state index in [0.717, 1.165) is 34.7 Å². The normalized spacial score (nSPS) is 20.9. The van der Waals surface area contributed by atoms with E-state index < -0.39 is 5.25 Å². The van der Waals surface area contributed by atoms with E-state index in [2.05, 4.69) is 10.6 Å². The van der Waals surface area contributed by atoms with Gasteiger partial charge in [-0.2, -0.15) is 0 Å². The number of carbonyl (C=O) groups excluding carboxylic acids is 3. The highest BCUT2D eigenvalue weighted by Crippen LogP contribution is 2.36. The highest BCUT2D eigenvalue weighted by atomic mass is 32.2. The Bertz CT molecular complexity index is 1010. The van der Waals surface area contributed by atoms with Gasteiger partial charge < -0.3 is 15.5 Å². The maximum absolute atomic E-state index is 13.1. The van der Waals surface area contributed by atoms with Crippen molar-refractivity contribution in [1.29, 1.82) is 0 Å². The first-order valence-corrected chi connectivity index (χ1v) is 11.0. The maximum atomic E-state index is 13.1. The summed E-state index contributed by atoms with van der Waals surface area (Å²) in [5, 5.41) is 4.98. The minimum absolute atomic E-state index is 0.0816. The van der Waals surface area contributed by atoms with Crippen molar-refractivity contribution in [2.24, 2.45) is 5.92 Å². The lowest BCUT2D eigenvalue weighted by Gasteiger charge is -2.35. The molecule has 2 aliphatic rings. The molecule has 6 nitrogen and oxygen atoms in total. The molecule has 0 bridgehead atoms. The average Bonchev–Trinajstić information content (AvgIpc) is 2.75. The summed E-state index contributed by atoms with van der Waals surface area (Å²) in [5.41, 5.74) is 3.80. The lowest BCUT2D eigenvalue weighted by atomic mass is 9.96. The van der Waals surface area contributed by atoms with Gasteiger partial charge in [-0.3, -0.25) is 14.4 Å². The molecule has 2 aliphatic heterocycles. The topological polar surface area (TPSA) is 78.5 Å². The number of amides is 3. The van der Waals surface area contributed by atoms with Crippen LogP contribution in [0.2, 0.25) is 0 Å². The number of rotatable bonds is 3. The van der Waals surface area contributed by atoms with Crippen LogP contribution in [0.3, 0.4) is 0 Å². The van der Waals surface area contributed by atoms with E-state index in [-0.39, 0.29) is 23.6 Å². The molecule has 0 unspecified atom stereocenters. The van der Waals surface area contributed by atoms with Gasteiger partial charge in [0, 0.05) is 23.7 Å². The van der Waals surface area contributed by atoms with Gasteiger partial charge in [-0.15, -0.1) is 11.8 Å². The Morgan fingerprint density at radius 3 is 2.73 bits per heavy atom. The minimum atomic E-state index is -0.818. The van der Waals surface area contributed by atoms with Crippen LogP contribution in [0.15, 0.2) is 47.4 Å². The Hall–Kier alpha value is -2.80. The summed E-state index contributed by atoms with van der Waals surface area (Å²) < 4.78 is 0. The molecular formula is C23H25N3O3S. The first-order valence-electron chi connectivity index (χ1n) is 10.2. The van der Waals surface area contributed by atoms with Crippen LogP contribution in [0.4, 0.5) is 11.4 Å². The number of aryl methyl sites for hydroxylation is 2. The third-order valence-corrected chi connectivity index (χ3v) is 6.99. The van der Waals surface area contributed by atoms with E-state index >= 15 is 0 Å². The third-order valence-electron chi connectivity index (χ3n) is 5.73. The quantitative estimate of drug-likeness (QED) is 0.740. The Morgan fingerprint density at radius 1 is 1.13 bits per heavy atom. The Kier molecular flexibility index (Phi) is 5.81. The second kappa shape index (κ2) is 8.52. The molecule has 2 atom stereocenters. The van der Waals surface area contributed by atoms with E-state index in [1.807, 2.05) is 56.3 Å². The lowest BCUT2D eigenvalue weighted by Crippen LogP contribution is -2.50. The van der Waals surface area contributed by atoms with E-state index in [9.17, 15) is 14.4 Å². The number of likely N-dealkylation sites (tertiary alicyclic amines) is 1. The third kappa shape index (κ3) is 4.21. The van der Waals surface area contributed by atoms with Crippen molar-refractivity contribution < 1.29 is 14.4 Å². The number of nitrogens with zero attached hydrogens (tertiary/aromatic N) is 1. The molecule has 3 amide bonds. The van der Waals surface area contributed by atoms with E-state index in [4.69, 9.17) is 0 Å². The summed E-state index contributed by atoms with van der Waals surface area (Å²) in [5.74, 6) is -0.892. The van der Waals surface area contributed by atoms with Crippen molar-refractivity contribution in [3.05, 3.63) is 53.6 Å². The van der Waals surface area contributed by atoms with Crippen LogP contribution >= 0.6 is 11.8 Å². The molecular weight excluding hydrogens is 398 g/mol. The Labute approximate surface area is 180 Å². The molecule has 1 fully saturated rings. The van der Waals surface area contributed by atoms with Crippen molar-refractivity contribution in [1.82, 2.24) is 4.90 Å². The number of anilines is 2. The number of para-hydroxylation sites is 1. The van der Waals surface area contributed by atoms with Crippen LogP contribution < -0.4 is 10.6 Å². The standard InChI is InChI=1S/C23H25N3O3S/c1-14-9-10-17(12-15(14)2)24-21(27)16-6-5-11-26(13-16)23(29)20-22(28)25-18-7-3-4-8-19(18)30-20/h3-4,7-10,12,16,20H,5-6,11,13H2,1-2H3,(H,24,27)(H,25,28)/t16-,20+/m1/s1. The fourth-order valence-corrected chi connectivity index (χ4v) is 4.91. The van der Waals surface area contributed by atoms with E-state index in [0.29, 0.717) is 13.1 Å². The number of fused-ring (bicyclic) bond motifs is 1. The summed E-state index contributed by atoms with van der Waals surface area (Å²) in [4.78, 5) is 40.9.